The number of aryl methyl sites for hydroxylation is 4. The highest BCUT2D eigenvalue weighted by atomic mass is 31.1. The molecule has 4 heteroatoms. The molecule has 0 aromatic heterocycles. The molecule has 0 spiro atoms. The van der Waals surface area contributed by atoms with Crippen LogP contribution in [0.1, 0.15) is 61.1 Å². The summed E-state index contributed by atoms with van der Waals surface area (Å²) in [5.41, 5.74) is 10.3. The van der Waals surface area contributed by atoms with Gasteiger partial charge in [0.25, 0.3) is 0 Å². The Balaban J connectivity index is 1.88. The van der Waals surface area contributed by atoms with Crippen molar-refractivity contribution in [1.82, 2.24) is 0 Å². The van der Waals surface area contributed by atoms with Gasteiger partial charge in [-0.25, -0.2) is 0 Å². The van der Waals surface area contributed by atoms with Crippen molar-refractivity contribution < 1.29 is 9.47 Å². The molecule has 4 rings (SSSR count). The van der Waals surface area contributed by atoms with E-state index in [4.69, 9.17) is 9.47 Å². The fourth-order valence-electron chi connectivity index (χ4n) is 5.62. The Kier molecular flexibility index (Phi) is 9.14. The van der Waals surface area contributed by atoms with Crippen LogP contribution in [-0.4, -0.2) is 14.2 Å². The Hall–Kier alpha value is -2.66. The van der Waals surface area contributed by atoms with Gasteiger partial charge in [-0.1, -0.05) is 128 Å². The van der Waals surface area contributed by atoms with Crippen molar-refractivity contribution in [2.45, 2.75) is 65.7 Å². The van der Waals surface area contributed by atoms with Crippen LogP contribution < -0.4 is 20.1 Å². The van der Waals surface area contributed by atoms with Crippen molar-refractivity contribution >= 4 is 27.8 Å². The first kappa shape index (κ1) is 30.3. The van der Waals surface area contributed by atoms with E-state index in [2.05, 4.69) is 128 Å². The third-order valence-corrected chi connectivity index (χ3v) is 10.7. The molecule has 0 amide bonds. The number of ether oxygens (including phenoxy) is 2. The summed E-state index contributed by atoms with van der Waals surface area (Å²) >= 11 is 0. The first-order valence-electron chi connectivity index (χ1n) is 13.9. The fourth-order valence-corrected chi connectivity index (χ4v) is 8.64. The second-order valence-electron chi connectivity index (χ2n) is 12.0. The van der Waals surface area contributed by atoms with Crippen molar-refractivity contribution in [1.29, 1.82) is 0 Å². The molecular formula is C36H44O2P2. The highest BCUT2D eigenvalue weighted by Crippen LogP contribution is 2.48. The van der Waals surface area contributed by atoms with Crippen LogP contribution in [0.4, 0.5) is 0 Å². The van der Waals surface area contributed by atoms with Gasteiger partial charge >= 0.3 is 0 Å². The number of hydrogen-bond acceptors (Lipinski definition) is 2. The minimum absolute atomic E-state index is 0.0409. The summed E-state index contributed by atoms with van der Waals surface area (Å²) in [6.07, 6.45) is 0. The molecule has 2 nitrogen and oxygen atoms in total. The number of methoxy groups -OCH3 is 2. The predicted octanol–water partition coefficient (Wildman–Crippen LogP) is 9.08. The lowest BCUT2D eigenvalue weighted by Crippen LogP contribution is -2.20. The molecule has 4 aromatic rings. The maximum Gasteiger partial charge on any atom is 0.127 e. The van der Waals surface area contributed by atoms with Crippen molar-refractivity contribution in [3.63, 3.8) is 0 Å². The van der Waals surface area contributed by atoms with Crippen LogP contribution in [0.2, 0.25) is 0 Å². The summed E-state index contributed by atoms with van der Waals surface area (Å²) in [4.78, 5) is 0. The summed E-state index contributed by atoms with van der Waals surface area (Å²) in [5, 5.41) is 2.51. The molecule has 2 atom stereocenters. The third kappa shape index (κ3) is 6.62. The van der Waals surface area contributed by atoms with Crippen LogP contribution in [0.25, 0.3) is 11.1 Å². The lowest BCUT2D eigenvalue weighted by Gasteiger charge is -2.30. The molecule has 0 heterocycles. The minimum atomic E-state index is -0.0409. The predicted molar refractivity (Wildman–Crippen MR) is 179 cm³/mol. The Labute approximate surface area is 245 Å². The van der Waals surface area contributed by atoms with Crippen LogP contribution >= 0.6 is 17.2 Å². The molecule has 0 aliphatic heterocycles. The van der Waals surface area contributed by atoms with E-state index in [-0.39, 0.29) is 10.3 Å². The van der Waals surface area contributed by atoms with Gasteiger partial charge in [-0.2, -0.15) is 0 Å². The van der Waals surface area contributed by atoms with Gasteiger partial charge < -0.3 is 9.47 Å². The Morgan fingerprint density at radius 2 is 0.825 bits per heavy atom. The van der Waals surface area contributed by atoms with Gasteiger partial charge in [-0.05, 0) is 61.6 Å². The van der Waals surface area contributed by atoms with E-state index in [1.165, 1.54) is 44.0 Å². The normalized spacial score (nSPS) is 12.6. The molecule has 0 saturated heterocycles. The zero-order valence-corrected chi connectivity index (χ0v) is 27.7. The van der Waals surface area contributed by atoms with E-state index in [0.717, 1.165) is 22.6 Å². The van der Waals surface area contributed by atoms with Crippen molar-refractivity contribution in [2.75, 3.05) is 14.2 Å². The minimum Gasteiger partial charge on any atom is -0.496 e. The highest BCUT2D eigenvalue weighted by Gasteiger charge is 2.29. The van der Waals surface area contributed by atoms with Gasteiger partial charge in [-0.15, -0.1) is 0 Å². The molecule has 40 heavy (non-hydrogen) atoms. The fraction of sp³-hybridized carbons (Fsp3) is 0.333. The molecule has 0 aliphatic rings. The zero-order valence-electron chi connectivity index (χ0n) is 25.7. The first-order valence-corrected chi connectivity index (χ1v) is 15.9. The molecule has 210 valence electrons. The van der Waals surface area contributed by atoms with E-state index in [1.54, 1.807) is 14.2 Å². The lowest BCUT2D eigenvalue weighted by atomic mass is 9.98. The van der Waals surface area contributed by atoms with E-state index in [0.29, 0.717) is 17.2 Å². The topological polar surface area (TPSA) is 18.5 Å². The SMILES string of the molecule is COc1cccc(PC(C)(C)c2cc(C)cc(C)c2)c1-c1c(OC)cccc1PC(C)(C)c1cc(C)cc(C)c1. The quantitative estimate of drug-likeness (QED) is 0.187. The van der Waals surface area contributed by atoms with Gasteiger partial charge in [0.1, 0.15) is 11.5 Å². The molecule has 2 unspecified atom stereocenters. The average molecular weight is 571 g/mol. The van der Waals surface area contributed by atoms with Crippen molar-refractivity contribution in [3.8, 4) is 22.6 Å². The first-order chi connectivity index (χ1) is 18.8. The van der Waals surface area contributed by atoms with Crippen LogP contribution in [-0.2, 0) is 10.3 Å². The van der Waals surface area contributed by atoms with Gasteiger partial charge in [0, 0.05) is 21.4 Å². The van der Waals surface area contributed by atoms with Gasteiger partial charge in [0.15, 0.2) is 0 Å². The molecule has 0 radical (unpaired) electrons. The number of rotatable bonds is 9. The van der Waals surface area contributed by atoms with Crippen molar-refractivity contribution in [3.05, 3.63) is 106 Å². The Bertz CT molecular complexity index is 1360. The number of benzene rings is 4. The summed E-state index contributed by atoms with van der Waals surface area (Å²) in [6, 6.07) is 26.8. The molecule has 0 fully saturated rings. The standard InChI is InChI=1S/C36H44O2P2/c1-23-17-24(2)20-27(19-23)35(5,6)39-31-15-11-13-29(37-9)33(31)34-30(38-10)14-12-16-32(34)40-36(7,8)28-21-25(3)18-26(4)22-28/h11-22,39-40H,1-10H3. The summed E-state index contributed by atoms with van der Waals surface area (Å²) < 4.78 is 12.1. The van der Waals surface area contributed by atoms with Crippen LogP contribution in [0, 0.1) is 27.7 Å². The van der Waals surface area contributed by atoms with Gasteiger partial charge in [-0.3, -0.25) is 0 Å². The third-order valence-electron chi connectivity index (χ3n) is 7.52. The maximum atomic E-state index is 6.05. The smallest absolute Gasteiger partial charge is 0.127 e. The summed E-state index contributed by atoms with van der Waals surface area (Å²) in [5.74, 6) is 1.78. The Morgan fingerprint density at radius 1 is 0.500 bits per heavy atom. The molecular weight excluding hydrogens is 526 g/mol. The van der Waals surface area contributed by atoms with Crippen LogP contribution in [0.15, 0.2) is 72.8 Å². The Morgan fingerprint density at radius 3 is 1.12 bits per heavy atom. The zero-order chi connectivity index (χ0) is 29.2. The van der Waals surface area contributed by atoms with E-state index in [1.807, 2.05) is 0 Å². The second kappa shape index (κ2) is 12.1. The monoisotopic (exact) mass is 570 g/mol. The largest absolute Gasteiger partial charge is 0.496 e. The van der Waals surface area contributed by atoms with Gasteiger partial charge in [0.05, 0.1) is 14.2 Å². The second-order valence-corrected chi connectivity index (χ2v) is 16.1. The van der Waals surface area contributed by atoms with E-state index in [9.17, 15) is 0 Å². The van der Waals surface area contributed by atoms with Gasteiger partial charge in [0.2, 0.25) is 0 Å². The van der Waals surface area contributed by atoms with Crippen LogP contribution in [0.3, 0.4) is 0 Å². The molecule has 0 saturated carbocycles. The molecule has 0 aliphatic carbocycles. The average Bonchev–Trinajstić information content (AvgIpc) is 2.87. The highest BCUT2D eigenvalue weighted by molar-refractivity contribution is 7.49. The number of hydrogen-bond donors (Lipinski definition) is 0. The molecule has 4 aromatic carbocycles. The van der Waals surface area contributed by atoms with Crippen LogP contribution in [0.5, 0.6) is 11.5 Å². The summed E-state index contributed by atoms with van der Waals surface area (Å²) in [7, 11) is 4.64. The van der Waals surface area contributed by atoms with Crippen molar-refractivity contribution in [2.24, 2.45) is 0 Å². The maximum absolute atomic E-state index is 6.05. The summed E-state index contributed by atoms with van der Waals surface area (Å²) in [6.45, 7) is 18.2. The molecule has 0 bridgehead atoms. The van der Waals surface area contributed by atoms with E-state index >= 15 is 0 Å². The molecule has 0 N–H and O–H groups in total. The lowest BCUT2D eigenvalue weighted by molar-refractivity contribution is 0.411. The van der Waals surface area contributed by atoms with E-state index < -0.39 is 0 Å².